The molecule has 2 heterocycles. The molecule has 1 N–H and O–H groups in total. The Labute approximate surface area is 148 Å². The van der Waals surface area contributed by atoms with E-state index in [1.165, 1.54) is 0 Å². The number of carbonyl (C=O) groups excluding carboxylic acids is 1. The zero-order valence-electron chi connectivity index (χ0n) is 14.0. The first-order chi connectivity index (χ1) is 11.7. The summed E-state index contributed by atoms with van der Waals surface area (Å²) in [6.45, 7) is 6.08. The lowest BCUT2D eigenvalue weighted by Gasteiger charge is -2.36. The Bertz CT molecular complexity index is 604. The van der Waals surface area contributed by atoms with Crippen molar-refractivity contribution in [2.45, 2.75) is 25.8 Å². The minimum absolute atomic E-state index is 0.0729. The summed E-state index contributed by atoms with van der Waals surface area (Å²) < 4.78 is 5.56. The highest BCUT2D eigenvalue weighted by Gasteiger charge is 2.27. The maximum Gasteiger partial charge on any atom is 0.321 e. The molecule has 0 unspecified atom stereocenters. The van der Waals surface area contributed by atoms with E-state index in [-0.39, 0.29) is 6.03 Å². The molecule has 2 aliphatic rings. The Balaban J connectivity index is 1.56. The first-order valence-corrected chi connectivity index (χ1v) is 8.92. The van der Waals surface area contributed by atoms with Crippen molar-refractivity contribution >= 4 is 23.3 Å². The number of rotatable bonds is 4. The monoisotopic (exact) mass is 349 g/mol. The fourth-order valence-corrected chi connectivity index (χ4v) is 3.46. The van der Waals surface area contributed by atoms with Crippen molar-refractivity contribution < 1.29 is 9.53 Å². The number of ether oxygens (including phenoxy) is 1. The van der Waals surface area contributed by atoms with Gasteiger partial charge in [0.2, 0.25) is 0 Å². The first-order valence-electron chi connectivity index (χ1n) is 8.54. The summed E-state index contributed by atoms with van der Waals surface area (Å²) in [5, 5.41) is 3.55. The van der Waals surface area contributed by atoms with E-state index in [0.29, 0.717) is 29.1 Å². The average Bonchev–Trinajstić information content (AvgIpc) is 3.12. The molecule has 130 valence electrons. The lowest BCUT2D eigenvalue weighted by Crippen LogP contribution is -2.47. The van der Waals surface area contributed by atoms with E-state index in [9.17, 15) is 4.79 Å². The molecule has 0 bridgehead atoms. The van der Waals surface area contributed by atoms with Crippen LogP contribution in [0.4, 0.5) is 10.5 Å². The maximum atomic E-state index is 12.5. The second-order valence-electron chi connectivity index (χ2n) is 6.15. The minimum Gasteiger partial charge on any atom is -0.492 e. The van der Waals surface area contributed by atoms with Crippen molar-refractivity contribution in [2.75, 3.05) is 38.1 Å². The molecule has 1 saturated heterocycles. The highest BCUT2D eigenvalue weighted by atomic mass is 35.5. The molecule has 0 radical (unpaired) electrons. The van der Waals surface area contributed by atoms with E-state index < -0.39 is 0 Å². The number of urea groups is 1. The third-order valence-electron chi connectivity index (χ3n) is 4.60. The topological polar surface area (TPSA) is 44.8 Å². The van der Waals surface area contributed by atoms with E-state index in [2.05, 4.69) is 22.4 Å². The number of carbonyl (C=O) groups is 1. The molecule has 2 amide bonds. The Morgan fingerprint density at radius 3 is 2.67 bits per heavy atom. The third-order valence-corrected chi connectivity index (χ3v) is 4.83. The number of likely N-dealkylation sites (tertiary alicyclic amines) is 1. The molecule has 2 aliphatic heterocycles. The second kappa shape index (κ2) is 7.90. The molecular weight excluding hydrogens is 326 g/mol. The number of halogens is 1. The Morgan fingerprint density at radius 2 is 2.00 bits per heavy atom. The number of nitrogens with one attached hydrogen (secondary N) is 1. The van der Waals surface area contributed by atoms with Crippen LogP contribution in [-0.2, 0) is 0 Å². The molecule has 1 aromatic carbocycles. The number of nitrogens with zero attached hydrogens (tertiary/aromatic N) is 2. The van der Waals surface area contributed by atoms with Crippen molar-refractivity contribution in [3.8, 4) is 5.75 Å². The molecule has 0 saturated carbocycles. The van der Waals surface area contributed by atoms with Crippen molar-refractivity contribution in [3.63, 3.8) is 0 Å². The average molecular weight is 350 g/mol. The summed E-state index contributed by atoms with van der Waals surface area (Å²) in [5.41, 5.74) is 0.664. The predicted octanol–water partition coefficient (Wildman–Crippen LogP) is 3.61. The number of hydrogen-bond donors (Lipinski definition) is 1. The van der Waals surface area contributed by atoms with E-state index in [4.69, 9.17) is 16.3 Å². The minimum atomic E-state index is -0.0729. The van der Waals surface area contributed by atoms with E-state index in [1.807, 2.05) is 11.8 Å². The predicted molar refractivity (Wildman–Crippen MR) is 96.9 cm³/mol. The molecular formula is C18H24ClN3O2. The molecule has 5 nitrogen and oxygen atoms in total. The largest absolute Gasteiger partial charge is 0.492 e. The van der Waals surface area contributed by atoms with Crippen LogP contribution >= 0.6 is 11.6 Å². The van der Waals surface area contributed by atoms with Crippen LogP contribution in [0.15, 0.2) is 30.4 Å². The zero-order chi connectivity index (χ0) is 16.9. The van der Waals surface area contributed by atoms with Gasteiger partial charge in [-0.05, 0) is 31.9 Å². The van der Waals surface area contributed by atoms with Gasteiger partial charge in [0.05, 0.1) is 12.3 Å². The number of hydrogen-bond acceptors (Lipinski definition) is 3. The van der Waals surface area contributed by atoms with Crippen LogP contribution in [0.1, 0.15) is 19.8 Å². The Hall–Kier alpha value is -1.72. The number of amides is 2. The smallest absolute Gasteiger partial charge is 0.321 e. The van der Waals surface area contributed by atoms with Gasteiger partial charge in [-0.25, -0.2) is 4.79 Å². The summed E-state index contributed by atoms with van der Waals surface area (Å²) in [6, 6.07) is 5.78. The van der Waals surface area contributed by atoms with Crippen molar-refractivity contribution in [1.82, 2.24) is 9.80 Å². The van der Waals surface area contributed by atoms with Crippen LogP contribution in [0.3, 0.4) is 0 Å². The fraction of sp³-hybridized carbons (Fsp3) is 0.500. The Kier molecular flexibility index (Phi) is 5.63. The van der Waals surface area contributed by atoms with E-state index in [1.54, 1.807) is 18.2 Å². The SMILES string of the molecule is CCOc1cc(Cl)ccc1NC(=O)N1CCC(N2CC=CC2)CC1. The fourth-order valence-electron chi connectivity index (χ4n) is 3.30. The van der Waals surface area contributed by atoms with Gasteiger partial charge in [-0.3, -0.25) is 4.90 Å². The van der Waals surface area contributed by atoms with Gasteiger partial charge in [0, 0.05) is 43.3 Å². The van der Waals surface area contributed by atoms with Crippen molar-refractivity contribution in [1.29, 1.82) is 0 Å². The lowest BCUT2D eigenvalue weighted by molar-refractivity contribution is 0.144. The highest BCUT2D eigenvalue weighted by molar-refractivity contribution is 6.30. The van der Waals surface area contributed by atoms with Crippen LogP contribution in [0.2, 0.25) is 5.02 Å². The van der Waals surface area contributed by atoms with Crippen molar-refractivity contribution in [2.24, 2.45) is 0 Å². The van der Waals surface area contributed by atoms with Gasteiger partial charge in [-0.1, -0.05) is 23.8 Å². The summed E-state index contributed by atoms with van der Waals surface area (Å²) in [6.07, 6.45) is 6.48. The Morgan fingerprint density at radius 1 is 1.29 bits per heavy atom. The quantitative estimate of drug-likeness (QED) is 0.844. The van der Waals surface area contributed by atoms with Gasteiger partial charge in [-0.15, -0.1) is 0 Å². The van der Waals surface area contributed by atoms with Gasteiger partial charge < -0.3 is 15.0 Å². The molecule has 24 heavy (non-hydrogen) atoms. The van der Waals surface area contributed by atoms with Crippen LogP contribution in [0.25, 0.3) is 0 Å². The van der Waals surface area contributed by atoms with Gasteiger partial charge in [0.25, 0.3) is 0 Å². The van der Waals surface area contributed by atoms with Crippen LogP contribution < -0.4 is 10.1 Å². The number of benzene rings is 1. The van der Waals surface area contributed by atoms with E-state index in [0.717, 1.165) is 39.0 Å². The molecule has 1 aromatic rings. The van der Waals surface area contributed by atoms with E-state index >= 15 is 0 Å². The maximum absolute atomic E-state index is 12.5. The van der Waals surface area contributed by atoms with Crippen molar-refractivity contribution in [3.05, 3.63) is 35.4 Å². The zero-order valence-corrected chi connectivity index (χ0v) is 14.8. The molecule has 3 rings (SSSR count). The second-order valence-corrected chi connectivity index (χ2v) is 6.58. The summed E-state index contributed by atoms with van der Waals surface area (Å²) in [4.78, 5) is 16.9. The first kappa shape index (κ1) is 17.1. The molecule has 6 heteroatoms. The van der Waals surface area contributed by atoms with Gasteiger partial charge in [0.15, 0.2) is 0 Å². The number of piperidine rings is 1. The molecule has 0 aliphatic carbocycles. The molecule has 0 aromatic heterocycles. The molecule has 1 fully saturated rings. The summed E-state index contributed by atoms with van der Waals surface area (Å²) in [7, 11) is 0. The molecule has 0 atom stereocenters. The van der Waals surface area contributed by atoms with Crippen LogP contribution in [0.5, 0.6) is 5.75 Å². The van der Waals surface area contributed by atoms with Gasteiger partial charge in [-0.2, -0.15) is 0 Å². The lowest BCUT2D eigenvalue weighted by atomic mass is 10.0. The van der Waals surface area contributed by atoms with Crippen LogP contribution in [0, 0.1) is 0 Å². The standard InChI is InChI=1S/C18H24ClN3O2/c1-2-24-17-13-14(19)5-6-16(17)20-18(23)22-11-7-15(8-12-22)21-9-3-4-10-21/h3-6,13,15H,2,7-12H2,1H3,(H,20,23). The number of anilines is 1. The highest BCUT2D eigenvalue weighted by Crippen LogP contribution is 2.29. The third kappa shape index (κ3) is 4.02. The van der Waals surface area contributed by atoms with Gasteiger partial charge >= 0.3 is 6.03 Å². The normalized spacial score (nSPS) is 18.8. The van der Waals surface area contributed by atoms with Crippen LogP contribution in [-0.4, -0.2) is 54.7 Å². The summed E-state index contributed by atoms with van der Waals surface area (Å²) >= 11 is 6.00. The van der Waals surface area contributed by atoms with Gasteiger partial charge in [0.1, 0.15) is 5.75 Å². The molecule has 0 spiro atoms. The summed E-state index contributed by atoms with van der Waals surface area (Å²) in [5.74, 6) is 0.608.